The van der Waals surface area contributed by atoms with Crippen molar-refractivity contribution in [2.75, 3.05) is 5.32 Å². The smallest absolute Gasteiger partial charge is 0.407 e. The van der Waals surface area contributed by atoms with Crippen molar-refractivity contribution in [3.05, 3.63) is 36.2 Å². The Labute approximate surface area is 204 Å². The third-order valence-corrected chi connectivity index (χ3v) is 7.44. The lowest BCUT2D eigenvalue weighted by atomic mass is 9.88. The highest BCUT2D eigenvalue weighted by Gasteiger charge is 2.36. The summed E-state index contributed by atoms with van der Waals surface area (Å²) in [5.41, 5.74) is 1.25. The summed E-state index contributed by atoms with van der Waals surface area (Å²) in [6, 6.07) is 4.92. The van der Waals surface area contributed by atoms with Gasteiger partial charge < -0.3 is 15.3 Å². The summed E-state index contributed by atoms with van der Waals surface area (Å²) in [6.45, 7) is 7.43. The SMILES string of the molecule is Cc1ccc(Nc2ncc3cnn([C@H]4CC[C@H](N(C(=O)O)C(C)(C)C)CC4)c3n2)cc1S(N)(=O)=O. The summed E-state index contributed by atoms with van der Waals surface area (Å²) in [7, 11) is -3.86. The number of primary sulfonamides is 1. The van der Waals surface area contributed by atoms with Gasteiger partial charge in [0.1, 0.15) is 0 Å². The minimum atomic E-state index is -3.86. The van der Waals surface area contributed by atoms with E-state index in [-0.39, 0.29) is 17.0 Å². The summed E-state index contributed by atoms with van der Waals surface area (Å²) in [5.74, 6) is 0.307. The molecule has 4 rings (SSSR count). The predicted octanol–water partition coefficient (Wildman–Crippen LogP) is 3.79. The second-order valence-electron chi connectivity index (χ2n) is 10.00. The van der Waals surface area contributed by atoms with Crippen LogP contribution in [0.2, 0.25) is 0 Å². The Morgan fingerprint density at radius 1 is 1.20 bits per heavy atom. The number of nitrogens with zero attached hydrogens (tertiary/aromatic N) is 5. The van der Waals surface area contributed by atoms with Crippen LogP contribution in [0.5, 0.6) is 0 Å². The van der Waals surface area contributed by atoms with E-state index in [0.717, 1.165) is 31.1 Å². The number of rotatable bonds is 5. The zero-order chi connectivity index (χ0) is 25.5. The number of benzene rings is 1. The number of carbonyl (C=O) groups is 1. The van der Waals surface area contributed by atoms with Gasteiger partial charge in [-0.3, -0.25) is 0 Å². The van der Waals surface area contributed by atoms with Crippen molar-refractivity contribution in [1.82, 2.24) is 24.6 Å². The van der Waals surface area contributed by atoms with Gasteiger partial charge in [0.05, 0.1) is 22.5 Å². The molecule has 4 N–H and O–H groups in total. The Balaban J connectivity index is 1.55. The molecule has 35 heavy (non-hydrogen) atoms. The lowest BCUT2D eigenvalue weighted by Gasteiger charge is -2.42. The molecule has 1 aromatic carbocycles. The molecule has 1 aliphatic rings. The van der Waals surface area contributed by atoms with Gasteiger partial charge in [0, 0.05) is 23.5 Å². The Bertz CT molecular complexity index is 1360. The molecule has 0 saturated heterocycles. The van der Waals surface area contributed by atoms with E-state index in [1.165, 1.54) is 6.07 Å². The second kappa shape index (κ2) is 9.08. The number of hydrogen-bond acceptors (Lipinski definition) is 7. The van der Waals surface area contributed by atoms with Crippen LogP contribution in [-0.4, -0.2) is 55.8 Å². The van der Waals surface area contributed by atoms with Crippen LogP contribution in [0.25, 0.3) is 11.0 Å². The number of hydrogen-bond donors (Lipinski definition) is 3. The molecule has 0 aliphatic heterocycles. The summed E-state index contributed by atoms with van der Waals surface area (Å²) in [4.78, 5) is 22.4. The first-order valence-corrected chi connectivity index (χ1v) is 13.0. The fourth-order valence-corrected chi connectivity index (χ4v) is 5.64. The average Bonchev–Trinajstić information content (AvgIpc) is 3.17. The molecule has 2 heterocycles. The van der Waals surface area contributed by atoms with Gasteiger partial charge >= 0.3 is 6.09 Å². The summed E-state index contributed by atoms with van der Waals surface area (Å²) in [6.07, 6.45) is 5.54. The highest BCUT2D eigenvalue weighted by atomic mass is 32.2. The number of carboxylic acid groups (broad SMARTS) is 1. The Kier molecular flexibility index (Phi) is 6.45. The Morgan fingerprint density at radius 3 is 2.49 bits per heavy atom. The highest BCUT2D eigenvalue weighted by Crippen LogP contribution is 2.35. The van der Waals surface area contributed by atoms with Gasteiger partial charge in [-0.05, 0) is 71.1 Å². The maximum atomic E-state index is 11.9. The summed E-state index contributed by atoms with van der Waals surface area (Å²) < 4.78 is 25.6. The van der Waals surface area contributed by atoms with E-state index in [9.17, 15) is 18.3 Å². The van der Waals surface area contributed by atoms with E-state index in [2.05, 4.69) is 20.4 Å². The number of anilines is 2. The van der Waals surface area contributed by atoms with E-state index < -0.39 is 21.7 Å². The van der Waals surface area contributed by atoms with Crippen LogP contribution >= 0.6 is 0 Å². The first-order valence-electron chi connectivity index (χ1n) is 11.5. The molecule has 1 amide bonds. The molecule has 188 valence electrons. The average molecular weight is 502 g/mol. The van der Waals surface area contributed by atoms with Crippen molar-refractivity contribution < 1.29 is 18.3 Å². The molecule has 0 atom stereocenters. The van der Waals surface area contributed by atoms with Gasteiger partial charge in [0.2, 0.25) is 16.0 Å². The van der Waals surface area contributed by atoms with Crippen LogP contribution < -0.4 is 10.5 Å². The Morgan fingerprint density at radius 2 is 1.89 bits per heavy atom. The first-order chi connectivity index (χ1) is 16.3. The van der Waals surface area contributed by atoms with E-state index in [4.69, 9.17) is 5.14 Å². The lowest BCUT2D eigenvalue weighted by Crippen LogP contribution is -2.52. The van der Waals surface area contributed by atoms with Crippen LogP contribution in [-0.2, 0) is 10.0 Å². The standard InChI is InChI=1S/C23H31N7O4S/c1-14-5-6-16(11-19(14)35(24,33)34)27-21-25-12-15-13-26-30(20(15)28-21)18-9-7-17(8-10-18)29(22(31)32)23(2,3)4/h5-6,11-13,17-18H,7-10H2,1-4H3,(H,31,32)(H2,24,33,34)(H,25,27,28)/t17-,18-. The van der Waals surface area contributed by atoms with Gasteiger partial charge in [0.15, 0.2) is 5.65 Å². The van der Waals surface area contributed by atoms with Gasteiger partial charge in [-0.1, -0.05) is 6.07 Å². The molecule has 1 fully saturated rings. The van der Waals surface area contributed by atoms with Crippen LogP contribution in [0.4, 0.5) is 16.4 Å². The summed E-state index contributed by atoms with van der Waals surface area (Å²) >= 11 is 0. The molecular weight excluding hydrogens is 470 g/mol. The van der Waals surface area contributed by atoms with Crippen molar-refractivity contribution in [3.8, 4) is 0 Å². The molecule has 11 nitrogen and oxygen atoms in total. The Hall–Kier alpha value is -3.25. The second-order valence-corrected chi connectivity index (χ2v) is 11.5. The van der Waals surface area contributed by atoms with Crippen molar-refractivity contribution >= 4 is 38.8 Å². The van der Waals surface area contributed by atoms with Crippen LogP contribution in [0.1, 0.15) is 58.1 Å². The van der Waals surface area contributed by atoms with Gasteiger partial charge in [-0.25, -0.2) is 28.0 Å². The lowest BCUT2D eigenvalue weighted by molar-refractivity contribution is 0.0506. The fourth-order valence-electron chi connectivity index (χ4n) is 4.83. The zero-order valence-electron chi connectivity index (χ0n) is 20.3. The number of fused-ring (bicyclic) bond motifs is 1. The van der Waals surface area contributed by atoms with E-state index in [0.29, 0.717) is 22.8 Å². The quantitative estimate of drug-likeness (QED) is 0.477. The third-order valence-electron chi connectivity index (χ3n) is 6.39. The molecular formula is C23H31N7O4S. The zero-order valence-corrected chi connectivity index (χ0v) is 21.1. The minimum Gasteiger partial charge on any atom is -0.465 e. The molecule has 1 aliphatic carbocycles. The fraction of sp³-hybridized carbons (Fsp3) is 0.478. The number of nitrogens with one attached hydrogen (secondary N) is 1. The molecule has 0 bridgehead atoms. The van der Waals surface area contributed by atoms with E-state index in [1.54, 1.807) is 36.4 Å². The highest BCUT2D eigenvalue weighted by molar-refractivity contribution is 7.89. The third kappa shape index (κ3) is 5.22. The maximum absolute atomic E-state index is 11.9. The molecule has 1 saturated carbocycles. The van der Waals surface area contributed by atoms with Crippen molar-refractivity contribution in [2.45, 2.75) is 75.9 Å². The first kappa shape index (κ1) is 24.9. The molecule has 3 aromatic rings. The van der Waals surface area contributed by atoms with Crippen molar-refractivity contribution in [3.63, 3.8) is 0 Å². The number of nitrogens with two attached hydrogens (primary N) is 1. The minimum absolute atomic E-state index is 0.0352. The number of amides is 1. The predicted molar refractivity (Wildman–Crippen MR) is 132 cm³/mol. The van der Waals surface area contributed by atoms with Gasteiger partial charge in [0.25, 0.3) is 0 Å². The molecule has 0 radical (unpaired) electrons. The van der Waals surface area contributed by atoms with Crippen LogP contribution in [0.3, 0.4) is 0 Å². The van der Waals surface area contributed by atoms with E-state index >= 15 is 0 Å². The molecule has 0 unspecified atom stereocenters. The van der Waals surface area contributed by atoms with Crippen LogP contribution in [0.15, 0.2) is 35.5 Å². The monoisotopic (exact) mass is 501 g/mol. The topological polar surface area (TPSA) is 156 Å². The van der Waals surface area contributed by atoms with Gasteiger partial charge in [-0.2, -0.15) is 10.1 Å². The van der Waals surface area contributed by atoms with Crippen molar-refractivity contribution in [1.29, 1.82) is 0 Å². The number of aryl methyl sites for hydroxylation is 1. The normalized spacial score (nSPS) is 19.0. The molecule has 0 spiro atoms. The summed E-state index contributed by atoms with van der Waals surface area (Å²) in [5, 5.41) is 23.4. The van der Waals surface area contributed by atoms with E-state index in [1.807, 2.05) is 25.5 Å². The van der Waals surface area contributed by atoms with Crippen LogP contribution in [0, 0.1) is 6.92 Å². The molecule has 2 aromatic heterocycles. The van der Waals surface area contributed by atoms with Crippen molar-refractivity contribution in [2.24, 2.45) is 5.14 Å². The maximum Gasteiger partial charge on any atom is 0.407 e. The molecule has 12 heteroatoms. The number of sulfonamides is 1. The van der Waals surface area contributed by atoms with Gasteiger partial charge in [-0.15, -0.1) is 0 Å². The number of aromatic nitrogens is 4. The largest absolute Gasteiger partial charge is 0.465 e.